The summed E-state index contributed by atoms with van der Waals surface area (Å²) in [7, 11) is 0. The van der Waals surface area contributed by atoms with E-state index in [0.29, 0.717) is 37.6 Å². The smallest absolute Gasteiger partial charge is 0.226 e. The van der Waals surface area contributed by atoms with Crippen molar-refractivity contribution in [2.24, 2.45) is 0 Å². The molecule has 1 aromatic carbocycles. The van der Waals surface area contributed by atoms with Crippen LogP contribution >= 0.6 is 0 Å². The number of rotatable bonds is 6. The fourth-order valence-corrected chi connectivity index (χ4v) is 3.57. The first kappa shape index (κ1) is 18.1. The van der Waals surface area contributed by atoms with Crippen molar-refractivity contribution in [1.82, 2.24) is 15.5 Å². The molecular formula is C19H23N3O5. The number of hydrogen-bond acceptors (Lipinski definition) is 7. The minimum atomic E-state index is -0.614. The van der Waals surface area contributed by atoms with Crippen LogP contribution in [0, 0.1) is 6.92 Å². The largest absolute Gasteiger partial charge is 0.388 e. The summed E-state index contributed by atoms with van der Waals surface area (Å²) in [6.45, 7) is 2.61. The third kappa shape index (κ3) is 3.87. The number of carbonyl (C=O) groups is 1. The number of fused-ring (bicyclic) bond motifs is 1. The second-order valence-electron chi connectivity index (χ2n) is 7.02. The van der Waals surface area contributed by atoms with Gasteiger partial charge in [0.25, 0.3) is 0 Å². The van der Waals surface area contributed by atoms with Crippen LogP contribution in [-0.4, -0.2) is 58.7 Å². The van der Waals surface area contributed by atoms with E-state index in [1.54, 1.807) is 0 Å². The summed E-state index contributed by atoms with van der Waals surface area (Å²) in [6, 6.07) is 7.65. The Hall–Kier alpha value is -2.29. The van der Waals surface area contributed by atoms with E-state index in [1.807, 2.05) is 31.2 Å². The summed E-state index contributed by atoms with van der Waals surface area (Å²) in [6.07, 6.45) is 0.265. The van der Waals surface area contributed by atoms with Gasteiger partial charge in [-0.2, -0.15) is 4.98 Å². The number of aromatic nitrogens is 2. The number of benzene rings is 1. The van der Waals surface area contributed by atoms with Crippen molar-refractivity contribution in [2.75, 3.05) is 13.2 Å². The van der Waals surface area contributed by atoms with Gasteiger partial charge >= 0.3 is 0 Å². The Morgan fingerprint density at radius 2 is 2.07 bits per heavy atom. The molecular weight excluding hydrogens is 350 g/mol. The normalized spacial score (nSPS) is 26.9. The van der Waals surface area contributed by atoms with Crippen LogP contribution in [0.5, 0.6) is 0 Å². The highest BCUT2D eigenvalue weighted by Crippen LogP contribution is 2.27. The molecule has 0 aliphatic carbocycles. The second-order valence-corrected chi connectivity index (χ2v) is 7.02. The van der Waals surface area contributed by atoms with Crippen molar-refractivity contribution in [2.45, 2.75) is 50.5 Å². The fraction of sp³-hybridized carbons (Fsp3) is 0.526. The molecule has 2 aromatic rings. The van der Waals surface area contributed by atoms with Gasteiger partial charge < -0.3 is 24.4 Å². The van der Waals surface area contributed by atoms with E-state index < -0.39 is 6.10 Å². The summed E-state index contributed by atoms with van der Waals surface area (Å²) >= 11 is 0. The van der Waals surface area contributed by atoms with Gasteiger partial charge in [-0.15, -0.1) is 0 Å². The molecule has 2 fully saturated rings. The molecule has 4 rings (SSSR count). The topological polar surface area (TPSA) is 107 Å². The molecule has 0 radical (unpaired) electrons. The summed E-state index contributed by atoms with van der Waals surface area (Å²) in [5, 5.41) is 16.7. The predicted octanol–water partition coefficient (Wildman–Crippen LogP) is 1.01. The molecule has 8 heteroatoms. The van der Waals surface area contributed by atoms with Gasteiger partial charge in [0.05, 0.1) is 19.3 Å². The van der Waals surface area contributed by atoms with E-state index in [0.717, 1.165) is 11.1 Å². The molecule has 1 aromatic heterocycles. The molecule has 1 amide bonds. The Morgan fingerprint density at radius 3 is 2.93 bits per heavy atom. The summed E-state index contributed by atoms with van der Waals surface area (Å²) in [5.41, 5.74) is 2.03. The zero-order valence-electron chi connectivity index (χ0n) is 15.1. The van der Waals surface area contributed by atoms with Gasteiger partial charge in [0, 0.05) is 18.4 Å². The van der Waals surface area contributed by atoms with E-state index in [2.05, 4.69) is 15.5 Å². The van der Waals surface area contributed by atoms with Crippen molar-refractivity contribution in [1.29, 1.82) is 0 Å². The van der Waals surface area contributed by atoms with Gasteiger partial charge in [0.2, 0.25) is 17.6 Å². The Balaban J connectivity index is 1.24. The lowest BCUT2D eigenvalue weighted by Crippen LogP contribution is -2.44. The van der Waals surface area contributed by atoms with Crippen molar-refractivity contribution in [3.8, 4) is 11.4 Å². The highest BCUT2D eigenvalue weighted by molar-refractivity contribution is 5.76. The zero-order valence-corrected chi connectivity index (χ0v) is 15.1. The molecule has 0 saturated carbocycles. The molecule has 2 saturated heterocycles. The van der Waals surface area contributed by atoms with Gasteiger partial charge in [-0.3, -0.25) is 4.79 Å². The van der Waals surface area contributed by atoms with Crippen LogP contribution in [0.1, 0.15) is 24.3 Å². The van der Waals surface area contributed by atoms with E-state index in [-0.39, 0.29) is 30.8 Å². The molecule has 4 atom stereocenters. The molecule has 0 bridgehead atoms. The van der Waals surface area contributed by atoms with Crippen LogP contribution in [-0.2, 0) is 20.7 Å². The minimum absolute atomic E-state index is 0.0760. The molecule has 144 valence electrons. The highest BCUT2D eigenvalue weighted by atomic mass is 16.6. The van der Waals surface area contributed by atoms with Gasteiger partial charge in [-0.05, 0) is 18.9 Å². The molecule has 0 unspecified atom stereocenters. The maximum absolute atomic E-state index is 12.2. The number of carbonyl (C=O) groups excluding carboxylic acids is 1. The first-order valence-corrected chi connectivity index (χ1v) is 9.21. The van der Waals surface area contributed by atoms with E-state index in [1.165, 1.54) is 0 Å². The lowest BCUT2D eigenvalue weighted by atomic mass is 10.1. The van der Waals surface area contributed by atoms with Crippen molar-refractivity contribution in [3.63, 3.8) is 0 Å². The summed E-state index contributed by atoms with van der Waals surface area (Å²) in [5.74, 6) is 1.01. The predicted molar refractivity (Wildman–Crippen MR) is 94.8 cm³/mol. The molecule has 2 N–H and O–H groups in total. The summed E-state index contributed by atoms with van der Waals surface area (Å²) < 4.78 is 16.3. The molecule has 2 aliphatic rings. The molecule has 27 heavy (non-hydrogen) atoms. The van der Waals surface area contributed by atoms with Gasteiger partial charge in [-0.25, -0.2) is 0 Å². The summed E-state index contributed by atoms with van der Waals surface area (Å²) in [4.78, 5) is 16.6. The number of nitrogens with one attached hydrogen (secondary N) is 1. The third-order valence-corrected chi connectivity index (χ3v) is 5.02. The SMILES string of the molecule is Cc1ccccc1-c1noc(CCCC(=O)N[C@H]2CO[C@H]3[C@@H]2OC[C@@H]3O)n1. The van der Waals surface area contributed by atoms with E-state index in [4.69, 9.17) is 14.0 Å². The number of aliphatic hydroxyl groups excluding tert-OH is 1. The van der Waals surface area contributed by atoms with E-state index in [9.17, 15) is 9.90 Å². The quantitative estimate of drug-likeness (QED) is 0.778. The first-order chi connectivity index (χ1) is 13.1. The average molecular weight is 373 g/mol. The first-order valence-electron chi connectivity index (χ1n) is 9.21. The number of ether oxygens (including phenoxy) is 2. The van der Waals surface area contributed by atoms with Crippen molar-refractivity contribution < 1.29 is 23.9 Å². The van der Waals surface area contributed by atoms with Crippen molar-refractivity contribution in [3.05, 3.63) is 35.7 Å². The fourth-order valence-electron chi connectivity index (χ4n) is 3.57. The molecule has 3 heterocycles. The second kappa shape index (κ2) is 7.75. The molecule has 0 spiro atoms. The highest BCUT2D eigenvalue weighted by Gasteiger charge is 2.47. The number of hydrogen-bond donors (Lipinski definition) is 2. The number of aliphatic hydroxyl groups is 1. The van der Waals surface area contributed by atoms with Gasteiger partial charge in [0.15, 0.2) is 0 Å². The van der Waals surface area contributed by atoms with Gasteiger partial charge in [-0.1, -0.05) is 29.4 Å². The third-order valence-electron chi connectivity index (χ3n) is 5.02. The monoisotopic (exact) mass is 373 g/mol. The minimum Gasteiger partial charge on any atom is -0.388 e. The number of nitrogens with zero attached hydrogens (tertiary/aromatic N) is 2. The number of amides is 1. The lowest BCUT2D eigenvalue weighted by molar-refractivity contribution is -0.122. The molecule has 8 nitrogen and oxygen atoms in total. The Morgan fingerprint density at radius 1 is 1.26 bits per heavy atom. The van der Waals surface area contributed by atoms with Crippen LogP contribution in [0.4, 0.5) is 0 Å². The Bertz CT molecular complexity index is 808. The van der Waals surface area contributed by atoms with E-state index >= 15 is 0 Å². The van der Waals surface area contributed by atoms with Gasteiger partial charge in [0.1, 0.15) is 18.3 Å². The Kier molecular flexibility index (Phi) is 5.20. The van der Waals surface area contributed by atoms with Crippen LogP contribution in [0.25, 0.3) is 11.4 Å². The average Bonchev–Trinajstić information content (AvgIpc) is 3.35. The van der Waals surface area contributed by atoms with Crippen LogP contribution < -0.4 is 5.32 Å². The van der Waals surface area contributed by atoms with Crippen LogP contribution in [0.2, 0.25) is 0 Å². The zero-order chi connectivity index (χ0) is 18.8. The van der Waals surface area contributed by atoms with Crippen molar-refractivity contribution >= 4 is 5.91 Å². The lowest BCUT2D eigenvalue weighted by Gasteiger charge is -2.17. The standard InChI is InChI=1S/C19H23N3O5/c1-11-5-2-3-6-12(11)19-21-16(27-22-19)8-4-7-15(24)20-13-9-25-18-14(23)10-26-17(13)18/h2-3,5-6,13-14,17-18,23H,4,7-10H2,1H3,(H,20,24)/t13-,14-,17+,18+/m0/s1. The maximum atomic E-state index is 12.2. The maximum Gasteiger partial charge on any atom is 0.226 e. The van der Waals surface area contributed by atoms with Crippen LogP contribution in [0.15, 0.2) is 28.8 Å². The van der Waals surface area contributed by atoms with Crippen LogP contribution in [0.3, 0.4) is 0 Å². The molecule has 2 aliphatic heterocycles. The Labute approximate surface area is 156 Å². The number of aryl methyl sites for hydroxylation is 2.